The SMILES string of the molecule is COc1ccc(-c2cc(C(F)(F)F)nc(NCc3ccco3)n2)cc1. The van der Waals surface area contributed by atoms with Gasteiger partial charge in [0, 0.05) is 5.56 Å². The molecular formula is C17H14F3N3O2. The van der Waals surface area contributed by atoms with E-state index in [1.54, 1.807) is 36.4 Å². The van der Waals surface area contributed by atoms with Gasteiger partial charge in [-0.3, -0.25) is 0 Å². The molecule has 3 aromatic rings. The van der Waals surface area contributed by atoms with Crippen LogP contribution in [0.5, 0.6) is 5.75 Å². The fourth-order valence-electron chi connectivity index (χ4n) is 2.16. The van der Waals surface area contributed by atoms with Gasteiger partial charge in [-0.1, -0.05) is 0 Å². The van der Waals surface area contributed by atoms with Gasteiger partial charge in [0.2, 0.25) is 5.95 Å². The zero-order valence-corrected chi connectivity index (χ0v) is 13.2. The summed E-state index contributed by atoms with van der Waals surface area (Å²) >= 11 is 0. The molecule has 25 heavy (non-hydrogen) atoms. The number of alkyl halides is 3. The third-order valence-corrected chi connectivity index (χ3v) is 3.40. The summed E-state index contributed by atoms with van der Waals surface area (Å²) in [7, 11) is 1.51. The van der Waals surface area contributed by atoms with Crippen molar-refractivity contribution in [2.75, 3.05) is 12.4 Å². The number of aromatic nitrogens is 2. The normalized spacial score (nSPS) is 11.4. The van der Waals surface area contributed by atoms with Crippen LogP contribution < -0.4 is 10.1 Å². The molecule has 0 spiro atoms. The summed E-state index contributed by atoms with van der Waals surface area (Å²) in [5.41, 5.74) is -0.336. The number of hydrogen-bond donors (Lipinski definition) is 1. The molecule has 1 aromatic carbocycles. The molecule has 0 unspecified atom stereocenters. The molecule has 0 amide bonds. The molecule has 0 fully saturated rings. The molecule has 0 bridgehead atoms. The summed E-state index contributed by atoms with van der Waals surface area (Å²) in [5, 5.41) is 2.75. The van der Waals surface area contributed by atoms with Gasteiger partial charge in [-0.05, 0) is 42.5 Å². The second kappa shape index (κ2) is 6.84. The molecule has 1 N–H and O–H groups in total. The monoisotopic (exact) mass is 349 g/mol. The summed E-state index contributed by atoms with van der Waals surface area (Å²) in [4.78, 5) is 7.72. The summed E-state index contributed by atoms with van der Waals surface area (Å²) in [5.74, 6) is 1.04. The highest BCUT2D eigenvalue weighted by molar-refractivity contribution is 5.62. The van der Waals surface area contributed by atoms with Crippen LogP contribution in [0.4, 0.5) is 19.1 Å². The molecule has 0 atom stereocenters. The number of hydrogen-bond acceptors (Lipinski definition) is 5. The fraction of sp³-hybridized carbons (Fsp3) is 0.176. The Bertz CT molecular complexity index is 831. The average molecular weight is 349 g/mol. The Kier molecular flexibility index (Phi) is 4.60. The van der Waals surface area contributed by atoms with E-state index in [4.69, 9.17) is 9.15 Å². The van der Waals surface area contributed by atoms with Gasteiger partial charge < -0.3 is 14.5 Å². The van der Waals surface area contributed by atoms with E-state index in [1.165, 1.54) is 13.4 Å². The molecule has 130 valence electrons. The lowest BCUT2D eigenvalue weighted by Crippen LogP contribution is -2.12. The van der Waals surface area contributed by atoms with Gasteiger partial charge in [-0.2, -0.15) is 13.2 Å². The standard InChI is InChI=1S/C17H14F3N3O2/c1-24-12-6-4-11(5-7-12)14-9-15(17(18,19)20)23-16(22-14)21-10-13-3-2-8-25-13/h2-9H,10H2,1H3,(H,21,22,23). The predicted octanol–water partition coefficient (Wildman–Crippen LogP) is 4.38. The maximum atomic E-state index is 13.1. The third kappa shape index (κ3) is 4.09. The Labute approximate surface area is 141 Å². The van der Waals surface area contributed by atoms with E-state index < -0.39 is 11.9 Å². The van der Waals surface area contributed by atoms with Gasteiger partial charge in [0.05, 0.1) is 25.6 Å². The molecule has 0 aliphatic rings. The minimum atomic E-state index is -4.58. The lowest BCUT2D eigenvalue weighted by Gasteiger charge is -2.11. The first kappa shape index (κ1) is 16.8. The Morgan fingerprint density at radius 2 is 1.88 bits per heavy atom. The van der Waals surface area contributed by atoms with Crippen molar-refractivity contribution in [2.24, 2.45) is 0 Å². The minimum absolute atomic E-state index is 0.128. The van der Waals surface area contributed by atoms with Gasteiger partial charge >= 0.3 is 6.18 Å². The van der Waals surface area contributed by atoms with Crippen LogP contribution in [0.1, 0.15) is 11.5 Å². The van der Waals surface area contributed by atoms with Crippen molar-refractivity contribution < 1.29 is 22.3 Å². The maximum absolute atomic E-state index is 13.1. The zero-order valence-electron chi connectivity index (χ0n) is 13.2. The van der Waals surface area contributed by atoms with Gasteiger partial charge in [0.25, 0.3) is 0 Å². The van der Waals surface area contributed by atoms with Crippen LogP contribution in [0.25, 0.3) is 11.3 Å². The van der Waals surface area contributed by atoms with Crippen LogP contribution in [0.15, 0.2) is 53.1 Å². The van der Waals surface area contributed by atoms with Crippen molar-refractivity contribution in [3.63, 3.8) is 0 Å². The van der Waals surface area contributed by atoms with Crippen molar-refractivity contribution in [1.82, 2.24) is 9.97 Å². The number of rotatable bonds is 5. The summed E-state index contributed by atoms with van der Waals surface area (Å²) in [6.45, 7) is 0.177. The van der Waals surface area contributed by atoms with E-state index >= 15 is 0 Å². The fourth-order valence-corrected chi connectivity index (χ4v) is 2.16. The van der Waals surface area contributed by atoms with Crippen LogP contribution in [0.2, 0.25) is 0 Å². The van der Waals surface area contributed by atoms with E-state index in [0.29, 0.717) is 17.1 Å². The number of ether oxygens (including phenoxy) is 1. The van der Waals surface area contributed by atoms with Crippen molar-refractivity contribution >= 4 is 5.95 Å². The smallest absolute Gasteiger partial charge is 0.433 e. The first-order chi connectivity index (χ1) is 12.0. The topological polar surface area (TPSA) is 60.2 Å². The van der Waals surface area contributed by atoms with Crippen molar-refractivity contribution in [3.8, 4) is 17.0 Å². The van der Waals surface area contributed by atoms with Crippen molar-refractivity contribution in [2.45, 2.75) is 12.7 Å². The van der Waals surface area contributed by atoms with Crippen LogP contribution in [0.3, 0.4) is 0 Å². The summed E-state index contributed by atoms with van der Waals surface area (Å²) in [6.07, 6.45) is -3.10. The second-order valence-corrected chi connectivity index (χ2v) is 5.12. The van der Waals surface area contributed by atoms with Crippen LogP contribution in [0, 0.1) is 0 Å². The Morgan fingerprint density at radius 3 is 2.48 bits per heavy atom. The Hall–Kier alpha value is -3.03. The first-order valence-corrected chi connectivity index (χ1v) is 7.32. The van der Waals surface area contributed by atoms with Gasteiger partial charge in [0.1, 0.15) is 11.5 Å². The lowest BCUT2D eigenvalue weighted by atomic mass is 10.1. The van der Waals surface area contributed by atoms with Crippen molar-refractivity contribution in [3.05, 3.63) is 60.2 Å². The first-order valence-electron chi connectivity index (χ1n) is 7.32. The Balaban J connectivity index is 1.94. The number of benzene rings is 1. The molecule has 0 saturated heterocycles. The number of nitrogens with zero attached hydrogens (tertiary/aromatic N) is 2. The lowest BCUT2D eigenvalue weighted by molar-refractivity contribution is -0.141. The number of halogens is 3. The van der Waals surface area contributed by atoms with E-state index in [-0.39, 0.29) is 18.2 Å². The maximum Gasteiger partial charge on any atom is 0.433 e. The molecule has 0 aliphatic carbocycles. The number of anilines is 1. The quantitative estimate of drug-likeness (QED) is 0.741. The zero-order chi connectivity index (χ0) is 17.9. The van der Waals surface area contributed by atoms with E-state index in [1.807, 2.05) is 0 Å². The molecule has 0 radical (unpaired) electrons. The molecule has 3 rings (SSSR count). The molecule has 0 aliphatic heterocycles. The van der Waals surface area contributed by atoms with Gasteiger partial charge in [-0.25, -0.2) is 9.97 Å². The molecule has 0 saturated carbocycles. The largest absolute Gasteiger partial charge is 0.497 e. The molecule has 2 aromatic heterocycles. The average Bonchev–Trinajstić information content (AvgIpc) is 3.12. The highest BCUT2D eigenvalue weighted by atomic mass is 19.4. The molecular weight excluding hydrogens is 335 g/mol. The van der Waals surface area contributed by atoms with Gasteiger partial charge in [0.15, 0.2) is 5.69 Å². The van der Waals surface area contributed by atoms with Gasteiger partial charge in [-0.15, -0.1) is 0 Å². The molecule has 8 heteroatoms. The number of methoxy groups -OCH3 is 1. The van der Waals surface area contributed by atoms with Crippen LogP contribution in [-0.2, 0) is 12.7 Å². The summed E-state index contributed by atoms with van der Waals surface area (Å²) in [6, 6.07) is 10.9. The third-order valence-electron chi connectivity index (χ3n) is 3.40. The highest BCUT2D eigenvalue weighted by Gasteiger charge is 2.33. The number of nitrogens with one attached hydrogen (secondary N) is 1. The number of furan rings is 1. The Morgan fingerprint density at radius 1 is 1.12 bits per heavy atom. The van der Waals surface area contributed by atoms with E-state index in [2.05, 4.69) is 15.3 Å². The summed E-state index contributed by atoms with van der Waals surface area (Å²) < 4.78 is 49.6. The molecule has 5 nitrogen and oxygen atoms in total. The van der Waals surface area contributed by atoms with Crippen molar-refractivity contribution in [1.29, 1.82) is 0 Å². The highest BCUT2D eigenvalue weighted by Crippen LogP contribution is 2.31. The van der Waals surface area contributed by atoms with Crippen LogP contribution >= 0.6 is 0 Å². The molecule has 2 heterocycles. The predicted molar refractivity (Wildman–Crippen MR) is 85.1 cm³/mol. The minimum Gasteiger partial charge on any atom is -0.497 e. The van der Waals surface area contributed by atoms with Crippen LogP contribution in [-0.4, -0.2) is 17.1 Å². The second-order valence-electron chi connectivity index (χ2n) is 5.12. The van der Waals surface area contributed by atoms with E-state index in [0.717, 1.165) is 6.07 Å². The van der Waals surface area contributed by atoms with E-state index in [9.17, 15) is 13.2 Å².